The van der Waals surface area contributed by atoms with E-state index in [9.17, 15) is 0 Å². The first-order valence-electron chi connectivity index (χ1n) is 5.92. The average Bonchev–Trinajstić information content (AvgIpc) is 2.82. The summed E-state index contributed by atoms with van der Waals surface area (Å²) in [5.74, 6) is 0. The first kappa shape index (κ1) is 14.4. The van der Waals surface area contributed by atoms with Crippen LogP contribution in [0.4, 0.5) is 0 Å². The number of hydrogen-bond acceptors (Lipinski definition) is 1. The quantitative estimate of drug-likeness (QED) is 0.753. The van der Waals surface area contributed by atoms with Crippen LogP contribution in [0.2, 0.25) is 0 Å². The van der Waals surface area contributed by atoms with Crippen molar-refractivity contribution in [2.24, 2.45) is 0 Å². The van der Waals surface area contributed by atoms with Crippen LogP contribution < -0.4 is 0 Å². The first-order chi connectivity index (χ1) is 7.86. The molecule has 2 nitrogen and oxygen atoms in total. The largest absolute Gasteiger partial charge is 0.359 e. The number of nitrogens with one attached hydrogen (secondary N) is 1. The van der Waals surface area contributed by atoms with E-state index in [-0.39, 0.29) is 0 Å². The number of nitrogens with zero attached hydrogens (tertiary/aromatic N) is 1. The molecular formula is C14H22N2. The topological polar surface area (TPSA) is 28.7 Å². The van der Waals surface area contributed by atoms with Gasteiger partial charge in [0.25, 0.3) is 0 Å². The Morgan fingerprint density at radius 3 is 2.12 bits per heavy atom. The van der Waals surface area contributed by atoms with E-state index >= 15 is 0 Å². The summed E-state index contributed by atoms with van der Waals surface area (Å²) < 4.78 is 0. The van der Waals surface area contributed by atoms with Gasteiger partial charge in [-0.3, -0.25) is 4.98 Å². The van der Waals surface area contributed by atoms with Crippen molar-refractivity contribution in [1.82, 2.24) is 9.97 Å². The van der Waals surface area contributed by atoms with Gasteiger partial charge in [-0.15, -0.1) is 0 Å². The zero-order chi connectivity index (χ0) is 12.4. The number of hydrogen-bond donors (Lipinski definition) is 1. The van der Waals surface area contributed by atoms with Gasteiger partial charge in [-0.05, 0) is 31.2 Å². The molecule has 16 heavy (non-hydrogen) atoms. The van der Waals surface area contributed by atoms with Crippen molar-refractivity contribution in [3.63, 3.8) is 0 Å². The van der Waals surface area contributed by atoms with Gasteiger partial charge in [-0.25, -0.2) is 0 Å². The number of H-pyrrole nitrogens is 1. The van der Waals surface area contributed by atoms with E-state index in [2.05, 4.69) is 22.1 Å². The second-order valence-corrected chi connectivity index (χ2v) is 2.80. The third kappa shape index (κ3) is 4.30. The highest BCUT2D eigenvalue weighted by molar-refractivity contribution is 5.58. The summed E-state index contributed by atoms with van der Waals surface area (Å²) in [6, 6.07) is 8.10. The number of aromatic amines is 1. The molecule has 0 aromatic carbocycles. The Morgan fingerprint density at radius 1 is 1.00 bits per heavy atom. The maximum atomic E-state index is 4.05. The molecule has 2 heterocycles. The van der Waals surface area contributed by atoms with Crippen LogP contribution in [0, 0.1) is 6.92 Å². The van der Waals surface area contributed by atoms with Crippen molar-refractivity contribution >= 4 is 0 Å². The Hall–Kier alpha value is -1.57. The Kier molecular flexibility index (Phi) is 7.86. The van der Waals surface area contributed by atoms with E-state index in [1.54, 1.807) is 6.20 Å². The molecule has 0 saturated heterocycles. The summed E-state index contributed by atoms with van der Waals surface area (Å²) in [5.41, 5.74) is 3.43. The minimum atomic E-state index is 1.13. The van der Waals surface area contributed by atoms with Gasteiger partial charge in [0.15, 0.2) is 0 Å². The number of rotatable bonds is 1. The molecule has 1 N–H and O–H groups in total. The molecule has 2 aromatic rings. The summed E-state index contributed by atoms with van der Waals surface area (Å²) in [7, 11) is 0. The predicted octanol–water partition coefficient (Wildman–Crippen LogP) is 4.44. The number of aryl methyl sites for hydroxylation is 1. The van der Waals surface area contributed by atoms with Gasteiger partial charge in [-0.2, -0.15) is 0 Å². The second kappa shape index (κ2) is 8.72. The standard InChI is InChI=1S/C10H10N2.2C2H6/c1-8-4-5-10(12-8)9-3-2-6-11-7-9;2*1-2/h2-7,12H,1H3;2*1-2H3. The maximum absolute atomic E-state index is 4.05. The Balaban J connectivity index is 0.000000509. The normalized spacial score (nSPS) is 8.31. The fourth-order valence-corrected chi connectivity index (χ4v) is 1.19. The van der Waals surface area contributed by atoms with E-state index < -0.39 is 0 Å². The van der Waals surface area contributed by atoms with Gasteiger partial charge in [0.05, 0.1) is 0 Å². The SMILES string of the molecule is CC.CC.Cc1ccc(-c2cccnc2)[nH]1. The Labute approximate surface area is 98.8 Å². The molecule has 2 rings (SSSR count). The van der Waals surface area contributed by atoms with Crippen LogP contribution in [0.15, 0.2) is 36.7 Å². The van der Waals surface area contributed by atoms with Crippen LogP contribution in [0.1, 0.15) is 33.4 Å². The third-order valence-electron chi connectivity index (χ3n) is 1.80. The monoisotopic (exact) mass is 218 g/mol. The summed E-state index contributed by atoms with van der Waals surface area (Å²) in [5, 5.41) is 0. The summed E-state index contributed by atoms with van der Waals surface area (Å²) >= 11 is 0. The van der Waals surface area contributed by atoms with E-state index in [1.807, 2.05) is 52.9 Å². The smallest absolute Gasteiger partial charge is 0.0471 e. The molecule has 2 heteroatoms. The predicted molar refractivity (Wildman–Crippen MR) is 71.5 cm³/mol. The highest BCUT2D eigenvalue weighted by Gasteiger charge is 1.97. The zero-order valence-corrected chi connectivity index (χ0v) is 10.9. The van der Waals surface area contributed by atoms with Gasteiger partial charge in [0.2, 0.25) is 0 Å². The minimum absolute atomic E-state index is 1.13. The van der Waals surface area contributed by atoms with Crippen molar-refractivity contribution in [2.45, 2.75) is 34.6 Å². The highest BCUT2D eigenvalue weighted by atomic mass is 14.7. The van der Waals surface area contributed by atoms with E-state index in [4.69, 9.17) is 0 Å². The van der Waals surface area contributed by atoms with Crippen molar-refractivity contribution in [3.8, 4) is 11.3 Å². The van der Waals surface area contributed by atoms with Gasteiger partial charge in [0.1, 0.15) is 0 Å². The molecule has 0 fully saturated rings. The lowest BCUT2D eigenvalue weighted by molar-refractivity contribution is 1.25. The molecule has 88 valence electrons. The van der Waals surface area contributed by atoms with Crippen LogP contribution in [0.25, 0.3) is 11.3 Å². The molecule has 0 radical (unpaired) electrons. The Morgan fingerprint density at radius 2 is 1.69 bits per heavy atom. The van der Waals surface area contributed by atoms with E-state index in [0.717, 1.165) is 11.3 Å². The van der Waals surface area contributed by atoms with Crippen molar-refractivity contribution in [3.05, 3.63) is 42.4 Å². The summed E-state index contributed by atoms with van der Waals surface area (Å²) in [4.78, 5) is 7.30. The molecule has 0 spiro atoms. The van der Waals surface area contributed by atoms with Gasteiger partial charge in [0, 0.05) is 29.3 Å². The number of aromatic nitrogens is 2. The van der Waals surface area contributed by atoms with Crippen LogP contribution in [-0.4, -0.2) is 9.97 Å². The van der Waals surface area contributed by atoms with Crippen molar-refractivity contribution in [1.29, 1.82) is 0 Å². The first-order valence-corrected chi connectivity index (χ1v) is 5.92. The third-order valence-corrected chi connectivity index (χ3v) is 1.80. The van der Waals surface area contributed by atoms with Crippen LogP contribution in [-0.2, 0) is 0 Å². The highest BCUT2D eigenvalue weighted by Crippen LogP contribution is 2.15. The second-order valence-electron chi connectivity index (χ2n) is 2.80. The molecule has 0 bridgehead atoms. The van der Waals surface area contributed by atoms with Gasteiger partial charge < -0.3 is 4.98 Å². The molecule has 0 unspecified atom stereocenters. The molecule has 0 atom stereocenters. The maximum Gasteiger partial charge on any atom is 0.0471 e. The molecule has 0 saturated carbocycles. The Bertz CT molecular complexity index is 363. The van der Waals surface area contributed by atoms with E-state index in [1.165, 1.54) is 5.69 Å². The lowest BCUT2D eigenvalue weighted by Gasteiger charge is -1.94. The zero-order valence-electron chi connectivity index (χ0n) is 10.9. The lowest BCUT2D eigenvalue weighted by Crippen LogP contribution is -1.78. The molecular weight excluding hydrogens is 196 g/mol. The number of pyridine rings is 1. The molecule has 0 aliphatic heterocycles. The van der Waals surface area contributed by atoms with Crippen molar-refractivity contribution < 1.29 is 0 Å². The summed E-state index contributed by atoms with van der Waals surface area (Å²) in [6.07, 6.45) is 3.63. The van der Waals surface area contributed by atoms with Crippen LogP contribution in [0.5, 0.6) is 0 Å². The average molecular weight is 218 g/mol. The van der Waals surface area contributed by atoms with E-state index in [0.29, 0.717) is 0 Å². The van der Waals surface area contributed by atoms with Gasteiger partial charge in [-0.1, -0.05) is 27.7 Å². The summed E-state index contributed by atoms with van der Waals surface area (Å²) in [6.45, 7) is 10.0. The minimum Gasteiger partial charge on any atom is -0.359 e. The lowest BCUT2D eigenvalue weighted by atomic mass is 10.2. The van der Waals surface area contributed by atoms with Gasteiger partial charge >= 0.3 is 0 Å². The fourth-order valence-electron chi connectivity index (χ4n) is 1.19. The van der Waals surface area contributed by atoms with Crippen LogP contribution in [0.3, 0.4) is 0 Å². The molecule has 0 aliphatic carbocycles. The molecule has 0 amide bonds. The van der Waals surface area contributed by atoms with Crippen LogP contribution >= 0.6 is 0 Å². The fraction of sp³-hybridized carbons (Fsp3) is 0.357. The van der Waals surface area contributed by atoms with Crippen molar-refractivity contribution in [2.75, 3.05) is 0 Å². The molecule has 0 aliphatic rings. The molecule has 2 aromatic heterocycles.